The molecule has 1 aromatic rings. The van der Waals surface area contributed by atoms with Gasteiger partial charge in [0.1, 0.15) is 5.75 Å². The van der Waals surface area contributed by atoms with Gasteiger partial charge in [-0.2, -0.15) is 0 Å². The van der Waals surface area contributed by atoms with E-state index < -0.39 is 0 Å². The van der Waals surface area contributed by atoms with Gasteiger partial charge in [0.25, 0.3) is 0 Å². The Morgan fingerprint density at radius 2 is 2.28 bits per heavy atom. The van der Waals surface area contributed by atoms with Crippen LogP contribution in [0.2, 0.25) is 0 Å². The minimum Gasteiger partial charge on any atom is -0.468 e. The van der Waals surface area contributed by atoms with Crippen molar-refractivity contribution in [1.82, 2.24) is 5.32 Å². The summed E-state index contributed by atoms with van der Waals surface area (Å²) in [7, 11) is 1.64. The number of benzene rings is 1. The van der Waals surface area contributed by atoms with Gasteiger partial charge in [-0.05, 0) is 55.5 Å². The summed E-state index contributed by atoms with van der Waals surface area (Å²) in [4.78, 5) is 0. The quantitative estimate of drug-likeness (QED) is 0.786. The van der Waals surface area contributed by atoms with E-state index >= 15 is 0 Å². The van der Waals surface area contributed by atoms with Gasteiger partial charge in [0.2, 0.25) is 0 Å². The molecule has 1 atom stereocenters. The van der Waals surface area contributed by atoms with Gasteiger partial charge in [0.05, 0.1) is 0 Å². The van der Waals surface area contributed by atoms with Gasteiger partial charge in [-0.15, -0.1) is 0 Å². The first-order valence-corrected chi connectivity index (χ1v) is 6.83. The predicted molar refractivity (Wildman–Crippen MR) is 72.9 cm³/mol. The number of ether oxygens (including phenoxy) is 2. The van der Waals surface area contributed by atoms with Crippen molar-refractivity contribution in [2.75, 3.05) is 20.4 Å². The van der Waals surface area contributed by atoms with E-state index in [1.54, 1.807) is 7.11 Å². The van der Waals surface area contributed by atoms with Gasteiger partial charge in [-0.25, -0.2) is 0 Å². The number of methoxy groups -OCH3 is 1. The molecule has 3 nitrogen and oxygen atoms in total. The summed E-state index contributed by atoms with van der Waals surface area (Å²) < 4.78 is 10.4. The molecule has 1 aliphatic rings. The third kappa shape index (κ3) is 3.24. The number of nitrogens with one attached hydrogen (secondary N) is 1. The molecule has 0 amide bonds. The Morgan fingerprint density at radius 3 is 3.06 bits per heavy atom. The highest BCUT2D eigenvalue weighted by molar-refractivity contribution is 5.39. The summed E-state index contributed by atoms with van der Waals surface area (Å²) in [6.07, 6.45) is 4.83. The number of aryl methyl sites for hydroxylation is 1. The van der Waals surface area contributed by atoms with E-state index in [1.165, 1.54) is 30.4 Å². The zero-order chi connectivity index (χ0) is 12.8. The first-order valence-electron chi connectivity index (χ1n) is 6.83. The largest absolute Gasteiger partial charge is 0.468 e. The molecule has 1 N–H and O–H groups in total. The van der Waals surface area contributed by atoms with Crippen molar-refractivity contribution in [1.29, 1.82) is 0 Å². The van der Waals surface area contributed by atoms with Crippen LogP contribution >= 0.6 is 0 Å². The molecule has 3 heteroatoms. The standard InChI is InChI=1S/C15H23NO2/c1-3-9-16-15-6-4-5-12-10-13(18-11-17-2)7-8-14(12)15/h7-8,10,15-16H,3-6,9,11H2,1-2H3. The van der Waals surface area contributed by atoms with E-state index in [1.807, 2.05) is 6.07 Å². The third-order valence-electron chi connectivity index (χ3n) is 3.41. The van der Waals surface area contributed by atoms with Crippen LogP contribution in [0.1, 0.15) is 43.4 Å². The van der Waals surface area contributed by atoms with Gasteiger partial charge in [0, 0.05) is 13.2 Å². The average Bonchev–Trinajstić information content (AvgIpc) is 2.42. The molecule has 100 valence electrons. The van der Waals surface area contributed by atoms with Crippen LogP contribution in [0.5, 0.6) is 5.75 Å². The van der Waals surface area contributed by atoms with Gasteiger partial charge in [-0.3, -0.25) is 0 Å². The Hall–Kier alpha value is -1.06. The number of fused-ring (bicyclic) bond motifs is 1. The second-order valence-electron chi connectivity index (χ2n) is 4.81. The molecule has 1 aromatic carbocycles. The lowest BCUT2D eigenvalue weighted by molar-refractivity contribution is 0.0510. The predicted octanol–water partition coefficient (Wildman–Crippen LogP) is 3.05. The van der Waals surface area contributed by atoms with Crippen LogP contribution < -0.4 is 10.1 Å². The Labute approximate surface area is 109 Å². The summed E-state index contributed by atoms with van der Waals surface area (Å²) in [6.45, 7) is 3.61. The number of hydrogen-bond acceptors (Lipinski definition) is 3. The molecule has 1 aliphatic carbocycles. The second kappa shape index (κ2) is 6.76. The highest BCUT2D eigenvalue weighted by Crippen LogP contribution is 2.32. The molecule has 0 aromatic heterocycles. The van der Waals surface area contributed by atoms with Crippen molar-refractivity contribution < 1.29 is 9.47 Å². The first-order chi connectivity index (χ1) is 8.85. The lowest BCUT2D eigenvalue weighted by Gasteiger charge is -2.27. The molecule has 0 heterocycles. The normalized spacial score (nSPS) is 18.4. The maximum absolute atomic E-state index is 5.49. The third-order valence-corrected chi connectivity index (χ3v) is 3.41. The first kappa shape index (κ1) is 13.4. The van der Waals surface area contributed by atoms with Crippen molar-refractivity contribution in [2.24, 2.45) is 0 Å². The summed E-state index contributed by atoms with van der Waals surface area (Å²) in [5.74, 6) is 0.909. The van der Waals surface area contributed by atoms with Crippen LogP contribution in [-0.2, 0) is 11.2 Å². The Morgan fingerprint density at radius 1 is 1.39 bits per heavy atom. The van der Waals surface area contributed by atoms with Gasteiger partial charge >= 0.3 is 0 Å². The monoisotopic (exact) mass is 249 g/mol. The van der Waals surface area contributed by atoms with Crippen molar-refractivity contribution in [2.45, 2.75) is 38.6 Å². The fraction of sp³-hybridized carbons (Fsp3) is 0.600. The van der Waals surface area contributed by atoms with Crippen LogP contribution in [0.15, 0.2) is 18.2 Å². The Kier molecular flexibility index (Phi) is 5.02. The molecule has 2 rings (SSSR count). The van der Waals surface area contributed by atoms with Gasteiger partial charge in [0.15, 0.2) is 6.79 Å². The van der Waals surface area contributed by atoms with Crippen molar-refractivity contribution in [3.05, 3.63) is 29.3 Å². The van der Waals surface area contributed by atoms with Crippen LogP contribution in [0.3, 0.4) is 0 Å². The molecule has 0 aliphatic heterocycles. The van der Waals surface area contributed by atoms with Crippen LogP contribution in [0, 0.1) is 0 Å². The zero-order valence-electron chi connectivity index (χ0n) is 11.4. The zero-order valence-corrected chi connectivity index (χ0v) is 11.4. The summed E-state index contributed by atoms with van der Waals surface area (Å²) >= 11 is 0. The molecule has 0 spiro atoms. The van der Waals surface area contributed by atoms with E-state index in [-0.39, 0.29) is 0 Å². The smallest absolute Gasteiger partial charge is 0.188 e. The molecule has 18 heavy (non-hydrogen) atoms. The lowest BCUT2D eigenvalue weighted by Crippen LogP contribution is -2.25. The number of rotatable bonds is 6. The lowest BCUT2D eigenvalue weighted by atomic mass is 9.87. The van der Waals surface area contributed by atoms with E-state index in [9.17, 15) is 0 Å². The van der Waals surface area contributed by atoms with Gasteiger partial charge < -0.3 is 14.8 Å². The fourth-order valence-electron chi connectivity index (χ4n) is 2.54. The van der Waals surface area contributed by atoms with Crippen LogP contribution in [0.4, 0.5) is 0 Å². The van der Waals surface area contributed by atoms with Crippen LogP contribution in [-0.4, -0.2) is 20.4 Å². The van der Waals surface area contributed by atoms with Crippen molar-refractivity contribution in [3.8, 4) is 5.75 Å². The molecule has 0 bridgehead atoms. The molecule has 1 unspecified atom stereocenters. The highest BCUT2D eigenvalue weighted by Gasteiger charge is 2.19. The SMILES string of the molecule is CCCNC1CCCc2cc(OCOC)ccc21. The molecule has 0 saturated heterocycles. The highest BCUT2D eigenvalue weighted by atomic mass is 16.7. The molecule has 0 radical (unpaired) electrons. The Balaban J connectivity index is 2.09. The average molecular weight is 249 g/mol. The van der Waals surface area contributed by atoms with Gasteiger partial charge in [-0.1, -0.05) is 13.0 Å². The molecular weight excluding hydrogens is 226 g/mol. The minimum atomic E-state index is 0.316. The topological polar surface area (TPSA) is 30.5 Å². The van der Waals surface area contributed by atoms with Crippen molar-refractivity contribution >= 4 is 0 Å². The molecule has 0 saturated carbocycles. The minimum absolute atomic E-state index is 0.316. The number of hydrogen-bond donors (Lipinski definition) is 1. The Bertz CT molecular complexity index is 379. The van der Waals surface area contributed by atoms with E-state index in [0.29, 0.717) is 12.8 Å². The maximum Gasteiger partial charge on any atom is 0.188 e. The molecular formula is C15H23NO2. The summed E-state index contributed by atoms with van der Waals surface area (Å²) in [5.41, 5.74) is 2.86. The van der Waals surface area contributed by atoms with Crippen LogP contribution in [0.25, 0.3) is 0 Å². The fourth-order valence-corrected chi connectivity index (χ4v) is 2.54. The van der Waals surface area contributed by atoms with Crippen molar-refractivity contribution in [3.63, 3.8) is 0 Å². The van der Waals surface area contributed by atoms with E-state index in [2.05, 4.69) is 24.4 Å². The summed E-state index contributed by atoms with van der Waals surface area (Å²) in [6, 6.07) is 6.93. The molecule has 0 fully saturated rings. The summed E-state index contributed by atoms with van der Waals surface area (Å²) in [5, 5.41) is 3.62. The van der Waals surface area contributed by atoms with E-state index in [4.69, 9.17) is 9.47 Å². The second-order valence-corrected chi connectivity index (χ2v) is 4.81. The van der Waals surface area contributed by atoms with E-state index in [0.717, 1.165) is 18.7 Å². The maximum atomic E-state index is 5.49.